The maximum absolute atomic E-state index is 13.6. The Bertz CT molecular complexity index is 1440. The lowest BCUT2D eigenvalue weighted by molar-refractivity contribution is 0.102. The Morgan fingerprint density at radius 3 is 2.50 bits per heavy atom. The molecule has 36 heavy (non-hydrogen) atoms. The van der Waals surface area contributed by atoms with Crippen LogP contribution in [0.3, 0.4) is 0 Å². The molecule has 186 valence electrons. The lowest BCUT2D eigenvalue weighted by Crippen LogP contribution is -2.55. The molecule has 0 bridgehead atoms. The highest BCUT2D eigenvalue weighted by Gasteiger charge is 2.27. The number of nitrogens with one attached hydrogen (secondary N) is 2. The molecule has 0 aliphatic carbocycles. The number of hydrogen-bond acceptors (Lipinski definition) is 4. The van der Waals surface area contributed by atoms with E-state index in [-0.39, 0.29) is 11.7 Å². The van der Waals surface area contributed by atoms with Crippen molar-refractivity contribution >= 4 is 51.5 Å². The molecule has 0 spiro atoms. The molecule has 0 unspecified atom stereocenters. The van der Waals surface area contributed by atoms with Gasteiger partial charge < -0.3 is 15.2 Å². The smallest absolute Gasteiger partial charge is 0.257 e. The van der Waals surface area contributed by atoms with Crippen molar-refractivity contribution in [2.75, 3.05) is 30.4 Å². The van der Waals surface area contributed by atoms with Crippen molar-refractivity contribution in [1.82, 2.24) is 14.9 Å². The molecule has 3 aromatic carbocycles. The summed E-state index contributed by atoms with van der Waals surface area (Å²) in [6.45, 7) is 6.20. The van der Waals surface area contributed by atoms with Gasteiger partial charge in [0, 0.05) is 42.1 Å². The van der Waals surface area contributed by atoms with Gasteiger partial charge in [-0.05, 0) is 75.5 Å². The third-order valence-corrected chi connectivity index (χ3v) is 7.49. The normalized spacial score (nSPS) is 18.6. The standard InChI is InChI=1S/C27H26Cl2FN5O/c1-15-13-35(14-16(2)34(15)3)19-6-7-20(23(29)12-19)27(36)31-18-5-8-22(28)21(11-18)26-32-24-9-4-17(30)10-25(24)33-26/h4-12,15-16H,13-14H2,1-3H3,(H,31,36)(H,32,33)/t15-,16+. The minimum atomic E-state index is -0.357. The molecule has 5 rings (SSSR count). The number of hydrogen-bond donors (Lipinski definition) is 2. The van der Waals surface area contributed by atoms with Crippen molar-refractivity contribution in [2.45, 2.75) is 25.9 Å². The number of anilines is 2. The highest BCUT2D eigenvalue weighted by molar-refractivity contribution is 6.35. The van der Waals surface area contributed by atoms with Crippen LogP contribution in [0.25, 0.3) is 22.4 Å². The number of nitrogens with zero attached hydrogens (tertiary/aromatic N) is 3. The first-order valence-corrected chi connectivity index (χ1v) is 12.5. The van der Waals surface area contributed by atoms with Gasteiger partial charge in [-0.3, -0.25) is 9.69 Å². The van der Waals surface area contributed by atoms with Gasteiger partial charge in [-0.2, -0.15) is 0 Å². The van der Waals surface area contributed by atoms with Gasteiger partial charge in [0.2, 0.25) is 0 Å². The highest BCUT2D eigenvalue weighted by Crippen LogP contribution is 2.32. The number of likely N-dealkylation sites (N-methyl/N-ethyl adjacent to an activating group) is 1. The molecule has 2 heterocycles. The minimum Gasteiger partial charge on any atom is -0.368 e. The van der Waals surface area contributed by atoms with Crippen LogP contribution in [0.4, 0.5) is 15.8 Å². The first-order valence-electron chi connectivity index (χ1n) is 11.7. The topological polar surface area (TPSA) is 64.3 Å². The summed E-state index contributed by atoms with van der Waals surface area (Å²) in [6.07, 6.45) is 0. The number of fused-ring (bicyclic) bond motifs is 1. The van der Waals surface area contributed by atoms with Crippen molar-refractivity contribution in [2.24, 2.45) is 0 Å². The van der Waals surface area contributed by atoms with Gasteiger partial charge >= 0.3 is 0 Å². The molecule has 0 saturated carbocycles. The van der Waals surface area contributed by atoms with Crippen molar-refractivity contribution in [3.63, 3.8) is 0 Å². The summed E-state index contributed by atoms with van der Waals surface area (Å²) in [5.41, 5.74) is 3.68. The fourth-order valence-corrected chi connectivity index (χ4v) is 5.06. The third-order valence-electron chi connectivity index (χ3n) is 6.85. The summed E-state index contributed by atoms with van der Waals surface area (Å²) in [5, 5.41) is 3.73. The maximum atomic E-state index is 13.6. The molecule has 0 radical (unpaired) electrons. The fourth-order valence-electron chi connectivity index (χ4n) is 4.59. The maximum Gasteiger partial charge on any atom is 0.257 e. The predicted octanol–water partition coefficient (Wildman–Crippen LogP) is 6.46. The lowest BCUT2D eigenvalue weighted by Gasteiger charge is -2.43. The van der Waals surface area contributed by atoms with E-state index in [4.69, 9.17) is 23.2 Å². The van der Waals surface area contributed by atoms with Crippen molar-refractivity contribution in [3.8, 4) is 11.4 Å². The monoisotopic (exact) mass is 525 g/mol. The summed E-state index contributed by atoms with van der Waals surface area (Å²) in [6, 6.07) is 15.8. The van der Waals surface area contributed by atoms with Gasteiger partial charge in [-0.25, -0.2) is 9.37 Å². The van der Waals surface area contributed by atoms with Gasteiger partial charge in [-0.15, -0.1) is 0 Å². The third kappa shape index (κ3) is 4.78. The van der Waals surface area contributed by atoms with Crippen LogP contribution >= 0.6 is 23.2 Å². The van der Waals surface area contributed by atoms with Crippen LogP contribution < -0.4 is 10.2 Å². The fraction of sp³-hybridized carbons (Fsp3) is 0.259. The Hall–Kier alpha value is -3.13. The first-order chi connectivity index (χ1) is 17.2. The molecule has 1 aromatic heterocycles. The number of benzene rings is 3. The van der Waals surface area contributed by atoms with E-state index >= 15 is 0 Å². The van der Waals surface area contributed by atoms with E-state index in [2.05, 4.69) is 46.0 Å². The van der Waals surface area contributed by atoms with Crippen molar-refractivity contribution in [1.29, 1.82) is 0 Å². The van der Waals surface area contributed by atoms with E-state index in [1.54, 1.807) is 30.3 Å². The van der Waals surface area contributed by atoms with Crippen molar-refractivity contribution in [3.05, 3.63) is 76.0 Å². The van der Waals surface area contributed by atoms with E-state index in [0.29, 0.717) is 55.8 Å². The summed E-state index contributed by atoms with van der Waals surface area (Å²) in [4.78, 5) is 25.3. The second-order valence-electron chi connectivity index (χ2n) is 9.33. The zero-order valence-corrected chi connectivity index (χ0v) is 21.7. The summed E-state index contributed by atoms with van der Waals surface area (Å²) >= 11 is 13.0. The zero-order valence-electron chi connectivity index (χ0n) is 20.1. The molecule has 1 aliphatic rings. The average Bonchev–Trinajstić information content (AvgIpc) is 3.26. The number of aromatic amines is 1. The molecule has 2 atom stereocenters. The number of amides is 1. The Morgan fingerprint density at radius 2 is 1.78 bits per heavy atom. The average molecular weight is 526 g/mol. The van der Waals surface area contributed by atoms with E-state index in [1.807, 2.05) is 12.1 Å². The van der Waals surface area contributed by atoms with E-state index < -0.39 is 0 Å². The van der Waals surface area contributed by atoms with E-state index in [0.717, 1.165) is 18.8 Å². The van der Waals surface area contributed by atoms with Crippen molar-refractivity contribution < 1.29 is 9.18 Å². The highest BCUT2D eigenvalue weighted by atomic mass is 35.5. The van der Waals surface area contributed by atoms with E-state index in [1.165, 1.54) is 12.1 Å². The van der Waals surface area contributed by atoms with Gasteiger partial charge in [0.1, 0.15) is 11.6 Å². The predicted molar refractivity (Wildman–Crippen MR) is 145 cm³/mol. The van der Waals surface area contributed by atoms with Crippen LogP contribution in [-0.2, 0) is 0 Å². The number of carbonyl (C=O) groups excluding carboxylic acids is 1. The van der Waals surface area contributed by atoms with Gasteiger partial charge in [0.15, 0.2) is 0 Å². The molecule has 9 heteroatoms. The quantitative estimate of drug-likeness (QED) is 0.321. The molecule has 6 nitrogen and oxygen atoms in total. The van der Waals surface area contributed by atoms with Gasteiger partial charge in [0.25, 0.3) is 5.91 Å². The van der Waals surface area contributed by atoms with E-state index in [9.17, 15) is 9.18 Å². The largest absolute Gasteiger partial charge is 0.368 e. The number of halogens is 3. The molecule has 1 saturated heterocycles. The van der Waals surface area contributed by atoms with Crippen LogP contribution in [0.15, 0.2) is 54.6 Å². The summed E-state index contributed by atoms with van der Waals surface area (Å²) in [7, 11) is 2.14. The first kappa shape index (κ1) is 24.6. The summed E-state index contributed by atoms with van der Waals surface area (Å²) < 4.78 is 13.6. The van der Waals surface area contributed by atoms with Gasteiger partial charge in [0.05, 0.1) is 26.6 Å². The number of imidazole rings is 1. The second-order valence-corrected chi connectivity index (χ2v) is 10.1. The lowest BCUT2D eigenvalue weighted by atomic mass is 10.1. The summed E-state index contributed by atoms with van der Waals surface area (Å²) in [5.74, 6) is -0.203. The molecule has 1 aliphatic heterocycles. The molecular formula is C27H26Cl2FN5O. The Labute approximate surface area is 219 Å². The Balaban J connectivity index is 1.36. The zero-order chi connectivity index (χ0) is 25.6. The van der Waals surface area contributed by atoms with Crippen LogP contribution in [0, 0.1) is 5.82 Å². The number of rotatable bonds is 4. The molecule has 1 amide bonds. The van der Waals surface area contributed by atoms with Crippen LogP contribution in [0.1, 0.15) is 24.2 Å². The Kier molecular flexibility index (Phi) is 6.64. The number of aromatic nitrogens is 2. The van der Waals surface area contributed by atoms with Gasteiger partial charge in [-0.1, -0.05) is 23.2 Å². The SMILES string of the molecule is C[C@@H]1CN(c2ccc(C(=O)Nc3ccc(Cl)c(-c4nc5ccc(F)cc5[nH]4)c3)c(Cl)c2)C[C@H](C)N1C. The van der Waals surface area contributed by atoms with Crippen LogP contribution in [0.5, 0.6) is 0 Å². The molecule has 2 N–H and O–H groups in total. The van der Waals surface area contributed by atoms with Crippen LogP contribution in [0.2, 0.25) is 10.0 Å². The Morgan fingerprint density at radius 1 is 1.03 bits per heavy atom. The molecule has 1 fully saturated rings. The van der Waals surface area contributed by atoms with Crippen LogP contribution in [-0.4, -0.2) is 53.0 Å². The second kappa shape index (κ2) is 9.73. The minimum absolute atomic E-state index is 0.327. The molecule has 4 aromatic rings. The molecular weight excluding hydrogens is 500 g/mol. The number of piperazine rings is 1. The number of H-pyrrole nitrogens is 1. The number of carbonyl (C=O) groups is 1.